The molecule has 0 bridgehead atoms. The molecule has 2 aliphatic heterocycles. The third kappa shape index (κ3) is 3.97. The zero-order valence-corrected chi connectivity index (χ0v) is 18.8. The van der Waals surface area contributed by atoms with E-state index in [0.29, 0.717) is 0 Å². The molecule has 0 aliphatic carbocycles. The minimum atomic E-state index is 1.26. The summed E-state index contributed by atoms with van der Waals surface area (Å²) in [6.45, 7) is 4.31. The molecule has 2 aliphatic rings. The van der Waals surface area contributed by atoms with Crippen molar-refractivity contribution in [3.63, 3.8) is 0 Å². The van der Waals surface area contributed by atoms with E-state index in [1.165, 1.54) is 50.3 Å². The van der Waals surface area contributed by atoms with E-state index >= 15 is 0 Å². The van der Waals surface area contributed by atoms with Gasteiger partial charge in [-0.2, -0.15) is 0 Å². The van der Waals surface area contributed by atoms with Gasteiger partial charge in [0.05, 0.1) is 8.47 Å². The first-order valence-electron chi connectivity index (χ1n) is 9.09. The van der Waals surface area contributed by atoms with E-state index in [2.05, 4.69) is 86.7 Å². The Hall–Kier alpha value is -1.46. The lowest BCUT2D eigenvalue weighted by Crippen LogP contribution is -1.76. The van der Waals surface area contributed by atoms with Crippen molar-refractivity contribution in [3.8, 4) is 0 Å². The van der Waals surface area contributed by atoms with Crippen LogP contribution in [0.25, 0.3) is 12.2 Å². The van der Waals surface area contributed by atoms with Gasteiger partial charge in [-0.3, -0.25) is 0 Å². The second kappa shape index (κ2) is 7.75. The Morgan fingerprint density at radius 2 is 0.893 bits per heavy atom. The average Bonchev–Trinajstić information content (AvgIpc) is 3.25. The predicted octanol–water partition coefficient (Wildman–Crippen LogP) is 8.70. The molecular formula is C24H18S4. The zero-order chi connectivity index (χ0) is 19.1. The van der Waals surface area contributed by atoms with Crippen molar-refractivity contribution in [2.24, 2.45) is 0 Å². The van der Waals surface area contributed by atoms with Gasteiger partial charge < -0.3 is 0 Å². The molecule has 0 spiro atoms. The number of hydrogen-bond donors (Lipinski definition) is 0. The number of thioether (sulfide) groups is 4. The van der Waals surface area contributed by atoms with Crippen molar-refractivity contribution in [2.45, 2.75) is 33.4 Å². The highest BCUT2D eigenvalue weighted by Crippen LogP contribution is 2.52. The Labute approximate surface area is 183 Å². The van der Waals surface area contributed by atoms with E-state index in [0.717, 1.165) is 0 Å². The van der Waals surface area contributed by atoms with Gasteiger partial charge in [0.1, 0.15) is 0 Å². The molecule has 0 nitrogen and oxygen atoms in total. The van der Waals surface area contributed by atoms with Crippen LogP contribution in [-0.4, -0.2) is 0 Å². The Balaban J connectivity index is 1.31. The summed E-state index contributed by atoms with van der Waals surface area (Å²) >= 11 is 7.49. The van der Waals surface area contributed by atoms with Gasteiger partial charge in [-0.1, -0.05) is 83.4 Å². The maximum atomic E-state index is 2.29. The first-order chi connectivity index (χ1) is 13.6. The van der Waals surface area contributed by atoms with Crippen molar-refractivity contribution in [1.82, 2.24) is 0 Å². The average molecular weight is 435 g/mol. The van der Waals surface area contributed by atoms with E-state index in [-0.39, 0.29) is 0 Å². The summed E-state index contributed by atoms with van der Waals surface area (Å²) in [6, 6.07) is 22.3. The molecule has 2 heterocycles. The lowest BCUT2D eigenvalue weighted by atomic mass is 10.1. The topological polar surface area (TPSA) is 0 Å². The summed E-state index contributed by atoms with van der Waals surface area (Å²) in [5, 5.41) is 0. The van der Waals surface area contributed by atoms with Crippen LogP contribution in [0.4, 0.5) is 0 Å². The fraction of sp³-hybridized carbons (Fsp3) is 0.0833. The van der Waals surface area contributed by atoms with E-state index in [9.17, 15) is 0 Å². The molecule has 3 aromatic rings. The largest absolute Gasteiger partial charge is 0.0815 e. The van der Waals surface area contributed by atoms with Crippen LogP contribution in [0.1, 0.15) is 22.3 Å². The summed E-state index contributed by atoms with van der Waals surface area (Å²) in [4.78, 5) is 5.49. The second-order valence-corrected chi connectivity index (χ2v) is 11.8. The monoisotopic (exact) mass is 434 g/mol. The Morgan fingerprint density at radius 1 is 0.500 bits per heavy atom. The van der Waals surface area contributed by atoms with E-state index in [1.54, 1.807) is 0 Å². The molecule has 0 amide bonds. The number of hydrogen-bond acceptors (Lipinski definition) is 4. The SMILES string of the molecule is Cc1ccc2c(c1)SC(=Cc1ccc(C=C3Sc4ccc(C)cc4S3)cc1)S2. The number of benzene rings is 3. The third-order valence-corrected chi connectivity index (χ3v) is 9.35. The molecule has 0 radical (unpaired) electrons. The quantitative estimate of drug-likeness (QED) is 0.395. The summed E-state index contributed by atoms with van der Waals surface area (Å²) in [6.07, 6.45) is 4.58. The maximum absolute atomic E-state index is 2.29. The van der Waals surface area contributed by atoms with Crippen LogP contribution in [-0.2, 0) is 0 Å². The molecule has 138 valence electrons. The van der Waals surface area contributed by atoms with Crippen molar-refractivity contribution in [1.29, 1.82) is 0 Å². The maximum Gasteiger partial charge on any atom is 0.0505 e. The molecule has 0 fully saturated rings. The van der Waals surface area contributed by atoms with Crippen LogP contribution < -0.4 is 0 Å². The molecule has 0 unspecified atom stereocenters. The second-order valence-electron chi connectivity index (χ2n) is 6.90. The fourth-order valence-corrected chi connectivity index (χ4v) is 8.09. The van der Waals surface area contributed by atoms with Gasteiger partial charge in [0.15, 0.2) is 0 Å². The zero-order valence-electron chi connectivity index (χ0n) is 15.6. The third-order valence-electron chi connectivity index (χ3n) is 4.55. The van der Waals surface area contributed by atoms with Crippen molar-refractivity contribution in [3.05, 3.63) is 91.4 Å². The van der Waals surface area contributed by atoms with Crippen LogP contribution in [0.5, 0.6) is 0 Å². The molecular weight excluding hydrogens is 417 g/mol. The lowest BCUT2D eigenvalue weighted by Gasteiger charge is -2.00. The Kier molecular flexibility index (Phi) is 5.14. The Bertz CT molecular complexity index is 1030. The van der Waals surface area contributed by atoms with Crippen LogP contribution in [0, 0.1) is 13.8 Å². The first kappa shape index (κ1) is 18.6. The van der Waals surface area contributed by atoms with Crippen molar-refractivity contribution >= 4 is 59.2 Å². The van der Waals surface area contributed by atoms with E-state index < -0.39 is 0 Å². The van der Waals surface area contributed by atoms with Gasteiger partial charge in [-0.15, -0.1) is 0 Å². The Morgan fingerprint density at radius 3 is 1.32 bits per heavy atom. The summed E-state index contributed by atoms with van der Waals surface area (Å²) in [7, 11) is 0. The van der Waals surface area contributed by atoms with Crippen LogP contribution in [0.15, 0.2) is 88.7 Å². The van der Waals surface area contributed by atoms with Crippen LogP contribution >= 0.6 is 47.0 Å². The molecule has 3 aromatic carbocycles. The molecule has 0 N–H and O–H groups in total. The van der Waals surface area contributed by atoms with Gasteiger partial charge in [0.25, 0.3) is 0 Å². The number of aryl methyl sites for hydroxylation is 2. The molecule has 0 aromatic heterocycles. The molecule has 0 saturated carbocycles. The van der Waals surface area contributed by atoms with E-state index in [4.69, 9.17) is 0 Å². The normalized spacial score (nSPS) is 17.9. The van der Waals surface area contributed by atoms with Crippen LogP contribution in [0.2, 0.25) is 0 Å². The summed E-state index contributed by atoms with van der Waals surface area (Å²) < 4.78 is 2.69. The summed E-state index contributed by atoms with van der Waals surface area (Å²) in [5.74, 6) is 0. The van der Waals surface area contributed by atoms with Gasteiger partial charge in [-0.25, -0.2) is 0 Å². The molecule has 4 heteroatoms. The molecule has 0 atom stereocenters. The highest BCUT2D eigenvalue weighted by atomic mass is 32.2. The minimum absolute atomic E-state index is 1.26. The number of fused-ring (bicyclic) bond motifs is 2. The van der Waals surface area contributed by atoms with Crippen LogP contribution in [0.3, 0.4) is 0 Å². The van der Waals surface area contributed by atoms with Gasteiger partial charge in [0, 0.05) is 19.6 Å². The van der Waals surface area contributed by atoms with Gasteiger partial charge in [0.2, 0.25) is 0 Å². The first-order valence-corrected chi connectivity index (χ1v) is 12.4. The smallest absolute Gasteiger partial charge is 0.0505 e. The predicted molar refractivity (Wildman–Crippen MR) is 128 cm³/mol. The van der Waals surface area contributed by atoms with Crippen molar-refractivity contribution < 1.29 is 0 Å². The number of rotatable bonds is 2. The summed E-state index contributed by atoms with van der Waals surface area (Å²) in [5.41, 5.74) is 5.16. The highest BCUT2D eigenvalue weighted by molar-refractivity contribution is 8.25. The minimum Gasteiger partial charge on any atom is -0.0815 e. The lowest BCUT2D eigenvalue weighted by molar-refractivity contribution is 1.23. The molecule has 5 rings (SSSR count). The highest BCUT2D eigenvalue weighted by Gasteiger charge is 2.18. The fourth-order valence-electron chi connectivity index (χ4n) is 3.11. The van der Waals surface area contributed by atoms with E-state index in [1.807, 2.05) is 47.0 Å². The van der Waals surface area contributed by atoms with Crippen molar-refractivity contribution in [2.75, 3.05) is 0 Å². The van der Waals surface area contributed by atoms with Gasteiger partial charge >= 0.3 is 0 Å². The van der Waals surface area contributed by atoms with Gasteiger partial charge in [-0.05, 0) is 72.5 Å². The molecule has 28 heavy (non-hydrogen) atoms. The standard InChI is InChI=1S/C24H18S4/c1-15-3-9-19-21(11-15)27-23(25-19)13-17-5-7-18(8-6-17)14-24-26-20-10-4-16(2)12-22(20)28-24/h3-14H,1-2H3. The molecule has 0 saturated heterocycles.